The predicted molar refractivity (Wildman–Crippen MR) is 86.7 cm³/mol. The fourth-order valence-electron chi connectivity index (χ4n) is 2.19. The maximum atomic E-state index is 12.1. The summed E-state index contributed by atoms with van der Waals surface area (Å²) in [6.45, 7) is 0. The Morgan fingerprint density at radius 2 is 1.91 bits per heavy atom. The zero-order valence-corrected chi connectivity index (χ0v) is 13.3. The molecule has 0 radical (unpaired) electrons. The number of aldehydes is 1. The molecule has 1 unspecified atom stereocenters. The number of rotatable bonds is 5. The summed E-state index contributed by atoms with van der Waals surface area (Å²) in [5.74, 6) is 0.487. The molecule has 0 N–H and O–H groups in total. The summed E-state index contributed by atoms with van der Waals surface area (Å²) in [5.41, 5.74) is -1.17. The summed E-state index contributed by atoms with van der Waals surface area (Å²) in [6.07, 6.45) is 3.34. The van der Waals surface area contributed by atoms with Gasteiger partial charge in [-0.05, 0) is 30.3 Å². The van der Waals surface area contributed by atoms with Crippen LogP contribution in [0.25, 0.3) is 0 Å². The monoisotopic (exact) mass is 347 g/mol. The molecular formula is C16H11Cl2N3O2. The highest BCUT2D eigenvalue weighted by atomic mass is 35.5. The van der Waals surface area contributed by atoms with Gasteiger partial charge in [-0.15, -0.1) is 0 Å². The summed E-state index contributed by atoms with van der Waals surface area (Å²) in [7, 11) is 0. The van der Waals surface area contributed by atoms with Crippen LogP contribution in [0.3, 0.4) is 0 Å². The Hall–Kier alpha value is -2.37. The van der Waals surface area contributed by atoms with Crippen molar-refractivity contribution in [1.29, 1.82) is 0 Å². The largest absolute Gasteiger partial charge is 0.455 e. The Morgan fingerprint density at radius 1 is 1.13 bits per heavy atom. The lowest BCUT2D eigenvalue weighted by atomic mass is 10.0. The van der Waals surface area contributed by atoms with Gasteiger partial charge in [0.2, 0.25) is 0 Å². The summed E-state index contributed by atoms with van der Waals surface area (Å²) in [6, 6.07) is 13.7. The third-order valence-corrected chi connectivity index (χ3v) is 3.80. The van der Waals surface area contributed by atoms with Gasteiger partial charge >= 0.3 is 0 Å². The van der Waals surface area contributed by atoms with Crippen LogP contribution in [0.15, 0.2) is 61.2 Å². The van der Waals surface area contributed by atoms with Gasteiger partial charge in [-0.3, -0.25) is 4.79 Å². The van der Waals surface area contributed by atoms with Crippen molar-refractivity contribution < 1.29 is 9.53 Å². The van der Waals surface area contributed by atoms with E-state index in [1.165, 1.54) is 17.3 Å². The second-order valence-corrected chi connectivity index (χ2v) is 5.54. The first-order chi connectivity index (χ1) is 11.2. The molecule has 0 saturated carbocycles. The van der Waals surface area contributed by atoms with Crippen LogP contribution in [0.1, 0.15) is 5.56 Å². The zero-order chi connectivity index (χ0) is 16.3. The maximum Gasteiger partial charge on any atom is 0.286 e. The lowest BCUT2D eigenvalue weighted by Gasteiger charge is -2.30. The molecular weight excluding hydrogens is 337 g/mol. The summed E-state index contributed by atoms with van der Waals surface area (Å²) in [4.78, 5) is 16.0. The van der Waals surface area contributed by atoms with Crippen molar-refractivity contribution in [1.82, 2.24) is 14.8 Å². The van der Waals surface area contributed by atoms with E-state index >= 15 is 0 Å². The fraction of sp³-hybridized carbons (Fsp3) is 0.0625. The average molecular weight is 348 g/mol. The van der Waals surface area contributed by atoms with Gasteiger partial charge in [0, 0.05) is 10.6 Å². The minimum Gasteiger partial charge on any atom is -0.455 e. The number of para-hydroxylation sites is 1. The van der Waals surface area contributed by atoms with Crippen molar-refractivity contribution in [2.24, 2.45) is 0 Å². The van der Waals surface area contributed by atoms with Crippen LogP contribution in [0.2, 0.25) is 10.0 Å². The van der Waals surface area contributed by atoms with Crippen LogP contribution in [0.4, 0.5) is 0 Å². The smallest absolute Gasteiger partial charge is 0.286 e. The molecule has 23 heavy (non-hydrogen) atoms. The van der Waals surface area contributed by atoms with E-state index in [0.717, 1.165) is 0 Å². The Bertz CT molecular complexity index is 809. The van der Waals surface area contributed by atoms with Crippen LogP contribution in [-0.2, 0) is 10.5 Å². The number of nitrogens with zero attached hydrogens (tertiary/aromatic N) is 3. The SMILES string of the molecule is O=CC(Oc1ccccc1)(c1ccc(Cl)cc1Cl)n1cncn1. The highest BCUT2D eigenvalue weighted by Crippen LogP contribution is 2.34. The Kier molecular flexibility index (Phi) is 4.32. The van der Waals surface area contributed by atoms with Crippen molar-refractivity contribution >= 4 is 29.5 Å². The maximum absolute atomic E-state index is 12.1. The molecule has 5 nitrogen and oxygen atoms in total. The van der Waals surface area contributed by atoms with Gasteiger partial charge in [0.05, 0.1) is 5.02 Å². The van der Waals surface area contributed by atoms with Crippen molar-refractivity contribution in [2.75, 3.05) is 0 Å². The number of hydrogen-bond donors (Lipinski definition) is 0. The third-order valence-electron chi connectivity index (χ3n) is 3.25. The standard InChI is InChI=1S/C16H11Cl2N3O2/c17-12-6-7-14(15(18)8-12)16(9-22,21-11-19-10-20-21)23-13-4-2-1-3-5-13/h1-11H. The van der Waals surface area contributed by atoms with Gasteiger partial charge in [0.25, 0.3) is 5.72 Å². The first-order valence-electron chi connectivity index (χ1n) is 6.67. The van der Waals surface area contributed by atoms with E-state index in [1.54, 1.807) is 42.5 Å². The van der Waals surface area contributed by atoms with Crippen molar-refractivity contribution in [3.05, 3.63) is 76.8 Å². The number of aromatic nitrogens is 3. The fourth-order valence-corrected chi connectivity index (χ4v) is 2.74. The molecule has 7 heteroatoms. The van der Waals surface area contributed by atoms with Crippen LogP contribution >= 0.6 is 23.2 Å². The molecule has 0 aliphatic carbocycles. The molecule has 1 heterocycles. The van der Waals surface area contributed by atoms with E-state index in [4.69, 9.17) is 27.9 Å². The minimum atomic E-state index is -1.58. The lowest BCUT2D eigenvalue weighted by Crippen LogP contribution is -2.43. The van der Waals surface area contributed by atoms with Gasteiger partial charge in [-0.25, -0.2) is 4.98 Å². The molecule has 1 atom stereocenters. The normalized spacial score (nSPS) is 13.3. The molecule has 0 saturated heterocycles. The predicted octanol–water partition coefficient (Wildman–Crippen LogP) is 3.56. The summed E-state index contributed by atoms with van der Waals surface area (Å²) in [5, 5.41) is 4.80. The first-order valence-corrected chi connectivity index (χ1v) is 7.42. The summed E-state index contributed by atoms with van der Waals surface area (Å²) < 4.78 is 7.27. The van der Waals surface area contributed by atoms with E-state index in [2.05, 4.69) is 10.1 Å². The molecule has 0 bridgehead atoms. The summed E-state index contributed by atoms with van der Waals surface area (Å²) >= 11 is 12.2. The van der Waals surface area contributed by atoms with Gasteiger partial charge in [0.15, 0.2) is 6.29 Å². The number of carbonyl (C=O) groups excluding carboxylic acids is 1. The number of benzene rings is 2. The quantitative estimate of drug-likeness (QED) is 0.662. The molecule has 0 spiro atoms. The van der Waals surface area contributed by atoms with Gasteiger partial charge in [-0.1, -0.05) is 41.4 Å². The molecule has 0 aliphatic heterocycles. The van der Waals surface area contributed by atoms with Crippen LogP contribution in [0, 0.1) is 0 Å². The highest BCUT2D eigenvalue weighted by molar-refractivity contribution is 6.35. The Labute approximate surface area is 142 Å². The van der Waals surface area contributed by atoms with E-state index < -0.39 is 5.72 Å². The van der Waals surface area contributed by atoms with Crippen molar-refractivity contribution in [2.45, 2.75) is 5.72 Å². The van der Waals surface area contributed by atoms with E-state index in [1.807, 2.05) is 6.07 Å². The molecule has 116 valence electrons. The first kappa shape index (κ1) is 15.5. The van der Waals surface area contributed by atoms with Crippen LogP contribution in [-0.4, -0.2) is 21.1 Å². The van der Waals surface area contributed by atoms with E-state index in [-0.39, 0.29) is 5.02 Å². The average Bonchev–Trinajstić information content (AvgIpc) is 3.09. The number of halogens is 2. The molecule has 0 aliphatic rings. The van der Waals surface area contributed by atoms with Crippen LogP contribution in [0.5, 0.6) is 5.75 Å². The van der Waals surface area contributed by atoms with Gasteiger partial charge in [-0.2, -0.15) is 9.78 Å². The Balaban J connectivity index is 2.18. The highest BCUT2D eigenvalue weighted by Gasteiger charge is 2.40. The lowest BCUT2D eigenvalue weighted by molar-refractivity contribution is -0.126. The second kappa shape index (κ2) is 6.40. The van der Waals surface area contributed by atoms with Gasteiger partial charge in [0.1, 0.15) is 18.4 Å². The second-order valence-electron chi connectivity index (χ2n) is 4.69. The van der Waals surface area contributed by atoms with Gasteiger partial charge < -0.3 is 4.74 Å². The van der Waals surface area contributed by atoms with E-state index in [0.29, 0.717) is 22.6 Å². The third kappa shape index (κ3) is 2.93. The Morgan fingerprint density at radius 3 is 2.52 bits per heavy atom. The topological polar surface area (TPSA) is 57.0 Å². The number of carbonyl (C=O) groups is 1. The molecule has 2 aromatic carbocycles. The molecule has 0 fully saturated rings. The van der Waals surface area contributed by atoms with Crippen molar-refractivity contribution in [3.8, 4) is 5.75 Å². The molecule has 3 aromatic rings. The molecule has 0 amide bonds. The van der Waals surface area contributed by atoms with Crippen LogP contribution < -0.4 is 4.74 Å². The molecule has 1 aromatic heterocycles. The van der Waals surface area contributed by atoms with E-state index in [9.17, 15) is 4.79 Å². The number of ether oxygens (including phenoxy) is 1. The molecule has 3 rings (SSSR count). The number of hydrogen-bond acceptors (Lipinski definition) is 4. The minimum absolute atomic E-state index is 0.288. The zero-order valence-electron chi connectivity index (χ0n) is 11.8. The van der Waals surface area contributed by atoms with Crippen molar-refractivity contribution in [3.63, 3.8) is 0 Å².